The lowest BCUT2D eigenvalue weighted by molar-refractivity contribution is -0.120. The van der Waals surface area contributed by atoms with Gasteiger partial charge in [-0.15, -0.1) is 11.8 Å². The summed E-state index contributed by atoms with van der Waals surface area (Å²) in [5.41, 5.74) is 3.67. The molecule has 1 heterocycles. The largest absolute Gasteiger partial charge is 0.478 e. The summed E-state index contributed by atoms with van der Waals surface area (Å²) in [5.74, 6) is 0.0864. The van der Waals surface area contributed by atoms with E-state index < -0.39 is 5.97 Å². The Bertz CT molecular complexity index is 743. The van der Waals surface area contributed by atoms with Gasteiger partial charge in [-0.3, -0.25) is 4.79 Å². The summed E-state index contributed by atoms with van der Waals surface area (Å²) < 4.78 is 0. The number of rotatable bonds is 5. The van der Waals surface area contributed by atoms with Gasteiger partial charge in [0.15, 0.2) is 0 Å². The molecule has 1 aliphatic rings. The van der Waals surface area contributed by atoms with Gasteiger partial charge in [0.25, 0.3) is 0 Å². The molecular formula is C19H19NO3S. The Morgan fingerprint density at radius 2 is 1.88 bits per heavy atom. The number of fused-ring (bicyclic) bond motifs is 1. The van der Waals surface area contributed by atoms with E-state index in [9.17, 15) is 9.59 Å². The average molecular weight is 341 g/mol. The van der Waals surface area contributed by atoms with Crippen molar-refractivity contribution in [3.05, 3.63) is 70.8 Å². The van der Waals surface area contributed by atoms with Crippen LogP contribution >= 0.6 is 11.8 Å². The van der Waals surface area contributed by atoms with Crippen molar-refractivity contribution in [2.75, 3.05) is 12.3 Å². The van der Waals surface area contributed by atoms with Crippen molar-refractivity contribution in [3.63, 3.8) is 0 Å². The summed E-state index contributed by atoms with van der Waals surface area (Å²) in [7, 11) is 0. The Kier molecular flexibility index (Phi) is 5.20. The second-order valence-corrected chi connectivity index (χ2v) is 6.96. The van der Waals surface area contributed by atoms with E-state index in [4.69, 9.17) is 5.11 Å². The zero-order valence-electron chi connectivity index (χ0n) is 13.2. The van der Waals surface area contributed by atoms with E-state index in [1.165, 1.54) is 5.56 Å². The molecule has 5 heteroatoms. The smallest absolute Gasteiger partial charge is 0.335 e. The van der Waals surface area contributed by atoms with Crippen LogP contribution in [0.3, 0.4) is 0 Å². The molecule has 0 saturated heterocycles. The summed E-state index contributed by atoms with van der Waals surface area (Å²) in [6.45, 7) is 0.546. The van der Waals surface area contributed by atoms with Crippen LogP contribution < -0.4 is 5.32 Å². The molecule has 2 aromatic rings. The fourth-order valence-corrected chi connectivity index (χ4v) is 4.07. The fraction of sp³-hybridized carbons (Fsp3) is 0.263. The number of carbonyl (C=O) groups is 2. The number of hydrogen-bond acceptors (Lipinski definition) is 3. The molecule has 0 aliphatic carbocycles. The molecule has 2 N–H and O–H groups in total. The van der Waals surface area contributed by atoms with Gasteiger partial charge in [-0.05, 0) is 47.4 Å². The molecule has 1 amide bonds. The van der Waals surface area contributed by atoms with Gasteiger partial charge in [0.1, 0.15) is 5.25 Å². The SMILES string of the molecule is O=C(O)c1ccc(CCNC(=O)C2SCCc3ccccc32)cc1. The number of carbonyl (C=O) groups excluding carboxylic acids is 1. The van der Waals surface area contributed by atoms with Gasteiger partial charge < -0.3 is 10.4 Å². The van der Waals surface area contributed by atoms with Crippen LogP contribution in [0.4, 0.5) is 0 Å². The maximum absolute atomic E-state index is 12.5. The summed E-state index contributed by atoms with van der Waals surface area (Å²) in [5, 5.41) is 11.8. The van der Waals surface area contributed by atoms with Gasteiger partial charge in [-0.2, -0.15) is 0 Å². The zero-order valence-corrected chi connectivity index (χ0v) is 14.0. The minimum absolute atomic E-state index is 0.0503. The molecule has 0 spiro atoms. The Morgan fingerprint density at radius 3 is 2.62 bits per heavy atom. The van der Waals surface area contributed by atoms with E-state index in [2.05, 4.69) is 11.4 Å². The number of aromatic carboxylic acids is 1. The second-order valence-electron chi connectivity index (χ2n) is 5.74. The first-order valence-electron chi connectivity index (χ1n) is 7.94. The fourth-order valence-electron chi connectivity index (χ4n) is 2.85. The highest BCUT2D eigenvalue weighted by atomic mass is 32.2. The predicted octanol–water partition coefficient (Wildman–Crippen LogP) is 3.07. The second kappa shape index (κ2) is 7.53. The van der Waals surface area contributed by atoms with Gasteiger partial charge >= 0.3 is 5.97 Å². The quantitative estimate of drug-likeness (QED) is 0.877. The number of nitrogens with one attached hydrogen (secondary N) is 1. The minimum atomic E-state index is -0.928. The van der Waals surface area contributed by atoms with Crippen molar-refractivity contribution in [1.29, 1.82) is 0 Å². The van der Waals surface area contributed by atoms with Crippen LogP contribution in [-0.2, 0) is 17.6 Å². The molecule has 3 rings (SSSR count). The van der Waals surface area contributed by atoms with E-state index in [0.29, 0.717) is 13.0 Å². The number of hydrogen-bond donors (Lipinski definition) is 2. The van der Waals surface area contributed by atoms with Crippen molar-refractivity contribution < 1.29 is 14.7 Å². The number of carboxylic acid groups (broad SMARTS) is 1. The van der Waals surface area contributed by atoms with E-state index in [1.54, 1.807) is 36.0 Å². The number of amides is 1. The van der Waals surface area contributed by atoms with Crippen molar-refractivity contribution in [2.24, 2.45) is 0 Å². The van der Waals surface area contributed by atoms with Crippen molar-refractivity contribution in [2.45, 2.75) is 18.1 Å². The Morgan fingerprint density at radius 1 is 1.12 bits per heavy atom. The average Bonchev–Trinajstić information content (AvgIpc) is 2.61. The van der Waals surface area contributed by atoms with E-state index >= 15 is 0 Å². The van der Waals surface area contributed by atoms with E-state index in [0.717, 1.165) is 23.3 Å². The molecule has 0 aromatic heterocycles. The first-order chi connectivity index (χ1) is 11.6. The van der Waals surface area contributed by atoms with Crippen LogP contribution in [0.5, 0.6) is 0 Å². The summed E-state index contributed by atoms with van der Waals surface area (Å²) in [6.07, 6.45) is 1.70. The van der Waals surface area contributed by atoms with E-state index in [1.807, 2.05) is 18.2 Å². The van der Waals surface area contributed by atoms with Crippen LogP contribution in [0.15, 0.2) is 48.5 Å². The molecule has 1 unspecified atom stereocenters. The van der Waals surface area contributed by atoms with Crippen molar-refractivity contribution >= 4 is 23.6 Å². The molecule has 0 radical (unpaired) electrons. The predicted molar refractivity (Wildman–Crippen MR) is 95.5 cm³/mol. The highest BCUT2D eigenvalue weighted by Crippen LogP contribution is 2.36. The summed E-state index contributed by atoms with van der Waals surface area (Å²) in [4.78, 5) is 23.3. The Labute approximate surface area is 145 Å². The first kappa shape index (κ1) is 16.6. The third kappa shape index (κ3) is 3.79. The van der Waals surface area contributed by atoms with Crippen molar-refractivity contribution in [3.8, 4) is 0 Å². The monoisotopic (exact) mass is 341 g/mol. The first-order valence-corrected chi connectivity index (χ1v) is 8.99. The Balaban J connectivity index is 1.56. The topological polar surface area (TPSA) is 66.4 Å². The maximum Gasteiger partial charge on any atom is 0.335 e. The molecule has 1 aliphatic heterocycles. The van der Waals surface area contributed by atoms with Gasteiger partial charge in [-0.1, -0.05) is 36.4 Å². The number of benzene rings is 2. The van der Waals surface area contributed by atoms with Gasteiger partial charge in [0.2, 0.25) is 5.91 Å². The normalized spacial score (nSPS) is 16.2. The lowest BCUT2D eigenvalue weighted by Gasteiger charge is -2.24. The maximum atomic E-state index is 12.5. The molecule has 0 bridgehead atoms. The lowest BCUT2D eigenvalue weighted by atomic mass is 10.0. The highest BCUT2D eigenvalue weighted by Gasteiger charge is 2.26. The molecular weight excluding hydrogens is 322 g/mol. The summed E-state index contributed by atoms with van der Waals surface area (Å²) >= 11 is 1.69. The third-order valence-electron chi connectivity index (χ3n) is 4.15. The van der Waals surface area contributed by atoms with E-state index in [-0.39, 0.29) is 16.7 Å². The molecule has 0 saturated carbocycles. The van der Waals surface area contributed by atoms with Crippen LogP contribution in [-0.4, -0.2) is 29.3 Å². The van der Waals surface area contributed by atoms with Crippen LogP contribution in [0.2, 0.25) is 0 Å². The molecule has 24 heavy (non-hydrogen) atoms. The van der Waals surface area contributed by atoms with Crippen LogP contribution in [0, 0.1) is 0 Å². The third-order valence-corrected chi connectivity index (χ3v) is 5.39. The number of thioether (sulfide) groups is 1. The molecule has 124 valence electrons. The van der Waals surface area contributed by atoms with Gasteiger partial charge in [0, 0.05) is 6.54 Å². The lowest BCUT2D eigenvalue weighted by Crippen LogP contribution is -2.31. The zero-order chi connectivity index (χ0) is 16.9. The summed E-state index contributed by atoms with van der Waals surface area (Å²) in [6, 6.07) is 14.9. The van der Waals surface area contributed by atoms with Crippen molar-refractivity contribution in [1.82, 2.24) is 5.32 Å². The Hall–Kier alpha value is -2.27. The van der Waals surface area contributed by atoms with Crippen LogP contribution in [0.1, 0.15) is 32.3 Å². The standard InChI is InChI=1S/C19H19NO3S/c21-18(17-16-4-2-1-3-14(16)10-12-24-17)20-11-9-13-5-7-15(8-6-13)19(22)23/h1-8,17H,9-12H2,(H,20,21)(H,22,23). The molecule has 2 aromatic carbocycles. The highest BCUT2D eigenvalue weighted by molar-refractivity contribution is 8.00. The number of carboxylic acids is 1. The van der Waals surface area contributed by atoms with Gasteiger partial charge in [0.05, 0.1) is 5.56 Å². The number of aryl methyl sites for hydroxylation is 1. The van der Waals surface area contributed by atoms with Gasteiger partial charge in [-0.25, -0.2) is 4.79 Å². The molecule has 0 fully saturated rings. The molecule has 4 nitrogen and oxygen atoms in total. The minimum Gasteiger partial charge on any atom is -0.478 e. The molecule has 1 atom stereocenters. The van der Waals surface area contributed by atoms with Crippen LogP contribution in [0.25, 0.3) is 0 Å².